The number of aliphatic hydroxyl groups excluding tert-OH is 2. The summed E-state index contributed by atoms with van der Waals surface area (Å²) in [6.45, 7) is 16.3. The molecule has 1 aliphatic carbocycles. The zero-order chi connectivity index (χ0) is 48.5. The lowest BCUT2D eigenvalue weighted by molar-refractivity contribution is -0.160. The molecule has 1 fully saturated rings. The van der Waals surface area contributed by atoms with Crippen molar-refractivity contribution in [2.75, 3.05) is 20.2 Å². The van der Waals surface area contributed by atoms with Crippen LogP contribution >= 0.6 is 0 Å². The van der Waals surface area contributed by atoms with Gasteiger partial charge in [0, 0.05) is 68.9 Å². The van der Waals surface area contributed by atoms with Crippen molar-refractivity contribution in [1.82, 2.24) is 10.2 Å². The molecule has 2 aromatic carbocycles. The number of nitrogens with one attached hydrogen (secondary N) is 1. The first-order valence-corrected chi connectivity index (χ1v) is 22.1. The van der Waals surface area contributed by atoms with Crippen molar-refractivity contribution in [3.05, 3.63) is 106 Å². The predicted octanol–water partition coefficient (Wildman–Crippen LogP) is 5.58. The van der Waals surface area contributed by atoms with Crippen molar-refractivity contribution < 1.29 is 67.4 Å². The normalized spacial score (nSPS) is 32.7. The minimum Gasteiger partial charge on any atom is -0.462 e. The molecule has 0 unspecified atom stereocenters. The molecule has 2 aromatic rings. The van der Waals surface area contributed by atoms with Gasteiger partial charge in [-0.05, 0) is 45.9 Å². The zero-order valence-corrected chi connectivity index (χ0v) is 39.2. The third-order valence-corrected chi connectivity index (χ3v) is 12.8. The van der Waals surface area contributed by atoms with Crippen LogP contribution in [0.2, 0.25) is 0 Å². The number of ether oxygens (including phenoxy) is 6. The van der Waals surface area contributed by atoms with Crippen LogP contribution in [0, 0.1) is 30.6 Å². The van der Waals surface area contributed by atoms with Crippen molar-refractivity contribution in [3.8, 4) is 11.5 Å². The number of rotatable bonds is 5. The van der Waals surface area contributed by atoms with Crippen molar-refractivity contribution >= 4 is 35.2 Å². The summed E-state index contributed by atoms with van der Waals surface area (Å²) in [5.74, 6) is -10.1. The monoisotopic (exact) mass is 912 g/mol. The Hall–Kier alpha value is -5.94. The van der Waals surface area contributed by atoms with Gasteiger partial charge in [0.05, 0.1) is 59.0 Å². The minimum atomic E-state index is -2.16. The maximum absolute atomic E-state index is 15.4. The molecule has 1 saturated heterocycles. The molecule has 11 atom stereocenters. The number of hydrogen-bond donors (Lipinski definition) is 3. The number of hydrogen-bond acceptors (Lipinski definition) is 15. The highest BCUT2D eigenvalue weighted by Crippen LogP contribution is 2.50. The van der Waals surface area contributed by atoms with Gasteiger partial charge in [0.25, 0.3) is 11.7 Å². The Morgan fingerprint density at radius 3 is 2.12 bits per heavy atom. The highest BCUT2D eigenvalue weighted by atomic mass is 16.7. The molecular formula is C50H60N2O14. The Morgan fingerprint density at radius 1 is 0.848 bits per heavy atom. The zero-order valence-electron chi connectivity index (χ0n) is 39.2. The Balaban J connectivity index is 1.57. The standard InChI is InChI=1S/C50H60N2O14/c1-24-16-15-17-25(2)48(59)51-38-39(52-22-26(3)63-27(4)23-52)43(57)35-36(42(38)56)45(65-49(60)33-18-13-12-14-19-33)31(8)46-37(35)47(58)50(10,66-46)62-21-20-34(61-11)28(5)44(64-32(9)53)30(7)41(55)29(6)40(24)54/h12-21,24,26-30,34,40-41,44,54-55H,22-23H2,1-11H3,(H,51,59)/b16-15+,21-20+,25-17-/t24-,26+,27+,28+,29+,30-,34-,40-,41-,44+,50-/m0/s1. The van der Waals surface area contributed by atoms with Gasteiger partial charge < -0.3 is 48.9 Å². The number of fused-ring (bicyclic) bond motifs is 14. The number of methoxy groups -OCH3 is 1. The summed E-state index contributed by atoms with van der Waals surface area (Å²) in [4.78, 5) is 87.5. The molecule has 16 nitrogen and oxygen atoms in total. The number of ketones is 3. The Morgan fingerprint density at radius 2 is 1.50 bits per heavy atom. The van der Waals surface area contributed by atoms with E-state index in [4.69, 9.17) is 28.4 Å². The number of allylic oxidation sites excluding steroid dienone is 4. The number of nitrogens with zero attached hydrogens (tertiary/aromatic N) is 1. The number of carbonyl (C=O) groups excluding carboxylic acids is 6. The van der Waals surface area contributed by atoms with E-state index in [9.17, 15) is 29.4 Å². The van der Waals surface area contributed by atoms with E-state index in [1.165, 1.54) is 65.4 Å². The molecule has 5 aliphatic rings. The highest BCUT2D eigenvalue weighted by Gasteiger charge is 2.54. The average Bonchev–Trinajstić information content (AvgIpc) is 3.54. The number of carbonyl (C=O) groups is 6. The van der Waals surface area contributed by atoms with E-state index in [-0.39, 0.29) is 52.5 Å². The fraction of sp³-hybridized carbons (Fsp3) is 0.480. The van der Waals surface area contributed by atoms with Crippen LogP contribution in [0.3, 0.4) is 0 Å². The maximum Gasteiger partial charge on any atom is 0.343 e. The largest absolute Gasteiger partial charge is 0.462 e. The summed E-state index contributed by atoms with van der Waals surface area (Å²) < 4.78 is 35.9. The second-order valence-electron chi connectivity index (χ2n) is 17.9. The van der Waals surface area contributed by atoms with E-state index in [0.717, 1.165) is 0 Å². The van der Waals surface area contributed by atoms with Crippen molar-refractivity contribution in [2.45, 2.75) is 112 Å². The number of esters is 2. The first-order valence-electron chi connectivity index (χ1n) is 22.1. The first kappa shape index (κ1) is 49.5. The van der Waals surface area contributed by atoms with E-state index < -0.39 is 118 Å². The van der Waals surface area contributed by atoms with E-state index in [0.29, 0.717) is 0 Å². The van der Waals surface area contributed by atoms with Crippen LogP contribution in [-0.4, -0.2) is 113 Å². The first-order chi connectivity index (χ1) is 31.1. The summed E-state index contributed by atoms with van der Waals surface area (Å²) in [5, 5.41) is 25.7. The van der Waals surface area contributed by atoms with Gasteiger partial charge in [-0.25, -0.2) is 4.79 Å². The summed E-state index contributed by atoms with van der Waals surface area (Å²) in [5.41, 5.74) is -1.46. The van der Waals surface area contributed by atoms with Gasteiger partial charge in [0.2, 0.25) is 11.6 Å². The predicted molar refractivity (Wildman–Crippen MR) is 239 cm³/mol. The lowest BCUT2D eigenvalue weighted by Gasteiger charge is -2.39. The van der Waals surface area contributed by atoms with Gasteiger partial charge in [-0.2, -0.15) is 0 Å². The molecule has 354 valence electrons. The van der Waals surface area contributed by atoms with Crippen LogP contribution in [0.15, 0.2) is 77.9 Å². The van der Waals surface area contributed by atoms with Crippen LogP contribution in [0.25, 0.3) is 0 Å². The molecule has 4 aliphatic heterocycles. The topological polar surface area (TPSA) is 214 Å². The molecule has 0 aromatic heterocycles. The van der Waals surface area contributed by atoms with Gasteiger partial charge in [0.1, 0.15) is 29.0 Å². The molecule has 3 N–H and O–H groups in total. The smallest absolute Gasteiger partial charge is 0.343 e. The lowest BCUT2D eigenvalue weighted by atomic mass is 9.78. The fourth-order valence-corrected chi connectivity index (χ4v) is 9.18. The summed E-state index contributed by atoms with van der Waals surface area (Å²) in [7, 11) is 1.42. The van der Waals surface area contributed by atoms with Crippen LogP contribution in [-0.2, 0) is 28.5 Å². The van der Waals surface area contributed by atoms with Gasteiger partial charge in [-0.1, -0.05) is 64.1 Å². The average molecular weight is 913 g/mol. The Kier molecular flexibility index (Phi) is 14.9. The quantitative estimate of drug-likeness (QED) is 0.247. The minimum absolute atomic E-state index is 0.0269. The molecule has 0 saturated carbocycles. The molecule has 0 spiro atoms. The summed E-state index contributed by atoms with van der Waals surface area (Å²) in [6.07, 6.45) is 2.47. The van der Waals surface area contributed by atoms with Crippen molar-refractivity contribution in [1.29, 1.82) is 0 Å². The lowest BCUT2D eigenvalue weighted by Crippen LogP contribution is -2.49. The van der Waals surface area contributed by atoms with E-state index in [1.54, 1.807) is 76.8 Å². The van der Waals surface area contributed by atoms with Gasteiger partial charge in [-0.15, -0.1) is 0 Å². The second kappa shape index (κ2) is 19.9. The second-order valence-corrected chi connectivity index (χ2v) is 17.9. The summed E-state index contributed by atoms with van der Waals surface area (Å²) >= 11 is 0. The number of morpholine rings is 1. The number of benzene rings is 2. The van der Waals surface area contributed by atoms with Gasteiger partial charge in [-0.3, -0.25) is 24.0 Å². The maximum atomic E-state index is 15.4. The van der Waals surface area contributed by atoms with Crippen LogP contribution < -0.4 is 14.8 Å². The third kappa shape index (κ3) is 9.64. The number of Topliss-reactive ketones (excluding diaryl/α,β-unsaturated/α-hetero) is 3. The van der Waals surface area contributed by atoms with Crippen LogP contribution in [0.5, 0.6) is 11.5 Å². The molecule has 1 amide bonds. The molecule has 4 heterocycles. The molecule has 0 radical (unpaired) electrons. The molecule has 7 rings (SSSR count). The summed E-state index contributed by atoms with van der Waals surface area (Å²) in [6, 6.07) is 7.97. The highest BCUT2D eigenvalue weighted by molar-refractivity contribution is 6.32. The third-order valence-electron chi connectivity index (χ3n) is 12.8. The van der Waals surface area contributed by atoms with Gasteiger partial charge in [0.15, 0.2) is 0 Å². The Labute approximate surface area is 384 Å². The fourth-order valence-electron chi connectivity index (χ4n) is 9.18. The molecule has 16 heteroatoms. The SMILES string of the molecule is CO[C@H]1/C=C/O[C@@]2(C)Oc3c(C)c(OC(=O)c4ccccc4)c4c(c3C2=O)C(=O)C(N2C[C@@H](C)O[C@H](C)C2)=C(NC(=O)/C(C)=C\C=C\[C@H](C)[C@H](O)[C@@H](C)[C@H](O)[C@H](C)[C@H](OC(C)=O)[C@@H]1C)C4=O. The molecule has 5 bridgehead atoms. The molecule has 66 heavy (non-hydrogen) atoms. The van der Waals surface area contributed by atoms with Crippen molar-refractivity contribution in [2.24, 2.45) is 23.7 Å². The van der Waals surface area contributed by atoms with E-state index >= 15 is 9.59 Å². The number of amides is 1. The molecular weight excluding hydrogens is 853 g/mol. The van der Waals surface area contributed by atoms with E-state index in [2.05, 4.69) is 5.32 Å². The van der Waals surface area contributed by atoms with Crippen LogP contribution in [0.1, 0.15) is 109 Å². The van der Waals surface area contributed by atoms with Crippen molar-refractivity contribution in [3.63, 3.8) is 0 Å². The van der Waals surface area contributed by atoms with Crippen LogP contribution in [0.4, 0.5) is 0 Å². The Bertz CT molecular complexity index is 2390. The van der Waals surface area contributed by atoms with Gasteiger partial charge >= 0.3 is 17.7 Å². The number of aliphatic hydroxyl groups is 2. The van der Waals surface area contributed by atoms with E-state index in [1.807, 2.05) is 0 Å².